The first kappa shape index (κ1) is 17.1. The van der Waals surface area contributed by atoms with E-state index in [-0.39, 0.29) is 29.9 Å². The van der Waals surface area contributed by atoms with Crippen molar-refractivity contribution in [2.24, 2.45) is 17.8 Å². The number of urea groups is 1. The summed E-state index contributed by atoms with van der Waals surface area (Å²) in [5.41, 5.74) is -0.572. The standard InChI is InChI=1S/C20H24N2O4/c1-20(16-9-12-6-7-13(16)8-12)18(25)22(19(26)21(20)2)11-17(24)14-4-3-5-15(23)10-14/h3-5,10,12-13,16,23H,6-9,11H2,1-2H3/t12-,13+,16+,20-/m1/s1. The van der Waals surface area contributed by atoms with Crippen molar-refractivity contribution < 1.29 is 19.5 Å². The molecule has 3 amide bonds. The van der Waals surface area contributed by atoms with E-state index >= 15 is 0 Å². The number of phenolic OH excluding ortho intramolecular Hbond substituents is 1. The number of carbonyl (C=O) groups excluding carboxylic acids is 3. The van der Waals surface area contributed by atoms with Crippen LogP contribution in [0, 0.1) is 17.8 Å². The van der Waals surface area contributed by atoms with Gasteiger partial charge in [-0.3, -0.25) is 14.5 Å². The lowest BCUT2D eigenvalue weighted by atomic mass is 9.74. The molecule has 1 aromatic carbocycles. The van der Waals surface area contributed by atoms with Gasteiger partial charge in [0.15, 0.2) is 5.78 Å². The number of fused-ring (bicyclic) bond motifs is 2. The molecule has 1 aromatic rings. The molecule has 0 radical (unpaired) electrons. The van der Waals surface area contributed by atoms with E-state index < -0.39 is 11.6 Å². The van der Waals surface area contributed by atoms with Gasteiger partial charge in [0.25, 0.3) is 5.91 Å². The van der Waals surface area contributed by atoms with Gasteiger partial charge in [-0.15, -0.1) is 0 Å². The highest BCUT2D eigenvalue weighted by Gasteiger charge is 2.61. The SMILES string of the molecule is CN1C(=O)N(CC(=O)c2cccc(O)c2)C(=O)[C@@]1(C)[C@H]1C[C@@H]2CC[C@H]1C2. The molecule has 1 saturated heterocycles. The van der Waals surface area contributed by atoms with Crippen molar-refractivity contribution in [1.82, 2.24) is 9.80 Å². The van der Waals surface area contributed by atoms with Crippen LogP contribution in [0.2, 0.25) is 0 Å². The highest BCUT2D eigenvalue weighted by molar-refractivity contribution is 6.11. The Morgan fingerprint density at radius 2 is 2.04 bits per heavy atom. The van der Waals surface area contributed by atoms with Crippen LogP contribution in [-0.4, -0.2) is 51.8 Å². The summed E-state index contributed by atoms with van der Waals surface area (Å²) in [4.78, 5) is 41.1. The van der Waals surface area contributed by atoms with Gasteiger partial charge in [0.1, 0.15) is 11.3 Å². The summed E-state index contributed by atoms with van der Waals surface area (Å²) in [5.74, 6) is 0.693. The van der Waals surface area contributed by atoms with Gasteiger partial charge in [-0.05, 0) is 56.1 Å². The maximum absolute atomic E-state index is 13.2. The Morgan fingerprint density at radius 1 is 1.27 bits per heavy atom. The van der Waals surface area contributed by atoms with E-state index in [9.17, 15) is 19.5 Å². The maximum atomic E-state index is 13.2. The summed E-state index contributed by atoms with van der Waals surface area (Å²) in [6.07, 6.45) is 4.49. The molecule has 1 heterocycles. The van der Waals surface area contributed by atoms with Crippen LogP contribution in [0.25, 0.3) is 0 Å². The molecular weight excluding hydrogens is 332 g/mol. The molecule has 138 valence electrons. The molecule has 2 saturated carbocycles. The molecular formula is C20H24N2O4. The number of ketones is 1. The van der Waals surface area contributed by atoms with E-state index in [1.54, 1.807) is 19.2 Å². The van der Waals surface area contributed by atoms with Crippen LogP contribution in [0.5, 0.6) is 5.75 Å². The number of nitrogens with zero attached hydrogens (tertiary/aromatic N) is 2. The van der Waals surface area contributed by atoms with Crippen LogP contribution in [0.4, 0.5) is 4.79 Å². The Morgan fingerprint density at radius 3 is 2.65 bits per heavy atom. The summed E-state index contributed by atoms with van der Waals surface area (Å²) in [6, 6.07) is 5.57. The zero-order chi connectivity index (χ0) is 18.6. The average Bonchev–Trinajstić information content (AvgIpc) is 3.30. The number of imide groups is 1. The number of aromatic hydroxyl groups is 1. The highest BCUT2D eigenvalue weighted by Crippen LogP contribution is 2.54. The van der Waals surface area contributed by atoms with Crippen LogP contribution in [-0.2, 0) is 4.79 Å². The first-order chi connectivity index (χ1) is 12.3. The Labute approximate surface area is 152 Å². The number of amides is 3. The smallest absolute Gasteiger partial charge is 0.327 e. The molecule has 6 heteroatoms. The summed E-state index contributed by atoms with van der Waals surface area (Å²) >= 11 is 0. The second-order valence-corrected chi connectivity index (χ2v) is 8.14. The fourth-order valence-corrected chi connectivity index (χ4v) is 5.28. The Balaban J connectivity index is 1.57. The molecule has 26 heavy (non-hydrogen) atoms. The molecule has 4 atom stereocenters. The number of rotatable bonds is 4. The third kappa shape index (κ3) is 2.35. The lowest BCUT2D eigenvalue weighted by Crippen LogP contribution is -2.53. The van der Waals surface area contributed by atoms with Crippen molar-refractivity contribution in [3.8, 4) is 5.75 Å². The van der Waals surface area contributed by atoms with Crippen LogP contribution >= 0.6 is 0 Å². The molecule has 3 aliphatic rings. The van der Waals surface area contributed by atoms with Crippen molar-refractivity contribution in [1.29, 1.82) is 0 Å². The van der Waals surface area contributed by atoms with Crippen molar-refractivity contribution in [2.45, 2.75) is 38.1 Å². The lowest BCUT2D eigenvalue weighted by molar-refractivity contribution is -0.135. The number of benzene rings is 1. The summed E-state index contributed by atoms with van der Waals surface area (Å²) in [7, 11) is 1.67. The number of hydrogen-bond acceptors (Lipinski definition) is 4. The number of hydrogen-bond donors (Lipinski definition) is 1. The van der Waals surface area contributed by atoms with E-state index in [4.69, 9.17) is 0 Å². The van der Waals surface area contributed by atoms with Gasteiger partial charge in [-0.2, -0.15) is 0 Å². The van der Waals surface area contributed by atoms with Crippen LogP contribution in [0.15, 0.2) is 24.3 Å². The van der Waals surface area contributed by atoms with Gasteiger partial charge in [0.05, 0.1) is 6.54 Å². The quantitative estimate of drug-likeness (QED) is 0.665. The van der Waals surface area contributed by atoms with Gasteiger partial charge in [0, 0.05) is 12.6 Å². The maximum Gasteiger partial charge on any atom is 0.327 e. The van der Waals surface area contributed by atoms with Crippen LogP contribution < -0.4 is 0 Å². The van der Waals surface area contributed by atoms with E-state index in [0.29, 0.717) is 17.4 Å². The molecule has 1 aliphatic heterocycles. The second-order valence-electron chi connectivity index (χ2n) is 8.14. The predicted octanol–water partition coefficient (Wildman–Crippen LogP) is 2.66. The normalized spacial score (nSPS) is 33.4. The topological polar surface area (TPSA) is 77.9 Å². The number of phenols is 1. The first-order valence-corrected chi connectivity index (χ1v) is 9.24. The van der Waals surface area contributed by atoms with E-state index in [2.05, 4.69) is 0 Å². The Bertz CT molecular complexity index is 792. The third-order valence-electron chi connectivity index (χ3n) is 6.82. The van der Waals surface area contributed by atoms with E-state index in [1.807, 2.05) is 6.92 Å². The third-order valence-corrected chi connectivity index (χ3v) is 6.82. The summed E-state index contributed by atoms with van der Waals surface area (Å²) in [6.45, 7) is 1.57. The zero-order valence-electron chi connectivity index (χ0n) is 15.1. The molecule has 0 spiro atoms. The van der Waals surface area contributed by atoms with Gasteiger partial charge < -0.3 is 10.0 Å². The largest absolute Gasteiger partial charge is 0.508 e. The Kier molecular flexibility index (Phi) is 3.82. The van der Waals surface area contributed by atoms with Crippen LogP contribution in [0.1, 0.15) is 43.0 Å². The van der Waals surface area contributed by atoms with Crippen molar-refractivity contribution in [2.75, 3.05) is 13.6 Å². The van der Waals surface area contributed by atoms with Crippen LogP contribution in [0.3, 0.4) is 0 Å². The molecule has 1 N–H and O–H groups in total. The minimum Gasteiger partial charge on any atom is -0.508 e. The predicted molar refractivity (Wildman–Crippen MR) is 94.7 cm³/mol. The molecule has 2 aliphatic carbocycles. The van der Waals surface area contributed by atoms with Crippen molar-refractivity contribution in [3.63, 3.8) is 0 Å². The minimum absolute atomic E-state index is 0.0149. The zero-order valence-corrected chi connectivity index (χ0v) is 15.1. The first-order valence-electron chi connectivity index (χ1n) is 9.24. The summed E-state index contributed by atoms with van der Waals surface area (Å²) < 4.78 is 0. The number of Topliss-reactive ketones (excluding diaryl/α,β-unsaturated/α-hetero) is 1. The van der Waals surface area contributed by atoms with Gasteiger partial charge in [0.2, 0.25) is 0 Å². The van der Waals surface area contributed by atoms with Gasteiger partial charge >= 0.3 is 6.03 Å². The molecule has 0 aromatic heterocycles. The van der Waals surface area contributed by atoms with Crippen molar-refractivity contribution >= 4 is 17.7 Å². The molecule has 2 bridgehead atoms. The fraction of sp³-hybridized carbons (Fsp3) is 0.550. The summed E-state index contributed by atoms with van der Waals surface area (Å²) in [5, 5.41) is 9.55. The van der Waals surface area contributed by atoms with E-state index in [1.165, 1.54) is 23.5 Å². The Hall–Kier alpha value is -2.37. The second kappa shape index (κ2) is 5.83. The van der Waals surface area contributed by atoms with Gasteiger partial charge in [-0.1, -0.05) is 18.6 Å². The fourth-order valence-electron chi connectivity index (χ4n) is 5.28. The molecule has 4 rings (SSSR count). The average molecular weight is 356 g/mol. The van der Waals surface area contributed by atoms with Crippen molar-refractivity contribution in [3.05, 3.63) is 29.8 Å². The highest BCUT2D eigenvalue weighted by atomic mass is 16.3. The molecule has 6 nitrogen and oxygen atoms in total. The molecule has 3 fully saturated rings. The van der Waals surface area contributed by atoms with Gasteiger partial charge in [-0.25, -0.2) is 4.79 Å². The number of carbonyl (C=O) groups is 3. The monoisotopic (exact) mass is 356 g/mol. The minimum atomic E-state index is -0.865. The molecule has 0 unspecified atom stereocenters. The number of likely N-dealkylation sites (N-methyl/N-ethyl adjacent to an activating group) is 1. The lowest BCUT2D eigenvalue weighted by Gasteiger charge is -2.39. The van der Waals surface area contributed by atoms with E-state index in [0.717, 1.165) is 24.2 Å².